The Balaban J connectivity index is 1.63. The molecule has 0 atom stereocenters. The van der Waals surface area contributed by atoms with E-state index >= 15 is 0 Å². The number of aromatic nitrogens is 1. The van der Waals surface area contributed by atoms with Gasteiger partial charge in [-0.25, -0.2) is 14.0 Å². The Hall–Kier alpha value is -3.88. The van der Waals surface area contributed by atoms with Crippen molar-refractivity contribution in [1.82, 2.24) is 9.88 Å². The second-order valence-corrected chi connectivity index (χ2v) is 10.2. The maximum Gasteiger partial charge on any atom is 0.343 e. The van der Waals surface area contributed by atoms with E-state index in [2.05, 4.69) is 5.32 Å². The second-order valence-electron chi connectivity index (χ2n) is 9.40. The third-order valence-electron chi connectivity index (χ3n) is 6.84. The number of hydrogen-bond acceptors (Lipinski definition) is 4. The van der Waals surface area contributed by atoms with Crippen LogP contribution in [0.15, 0.2) is 60.8 Å². The van der Waals surface area contributed by atoms with E-state index in [1.54, 1.807) is 30.3 Å². The lowest BCUT2D eigenvalue weighted by Crippen LogP contribution is -2.38. The van der Waals surface area contributed by atoms with E-state index in [0.29, 0.717) is 22.0 Å². The van der Waals surface area contributed by atoms with Crippen molar-refractivity contribution in [3.05, 3.63) is 87.8 Å². The highest BCUT2D eigenvalue weighted by atomic mass is 35.5. The summed E-state index contributed by atoms with van der Waals surface area (Å²) in [6.07, 6.45) is 6.40. The minimum atomic E-state index is -0.973. The summed E-state index contributed by atoms with van der Waals surface area (Å²) < 4.78 is 21.8. The summed E-state index contributed by atoms with van der Waals surface area (Å²) in [7, 11) is 0. The maximum absolute atomic E-state index is 14.9. The summed E-state index contributed by atoms with van der Waals surface area (Å²) in [6.45, 7) is 0. The zero-order chi connectivity index (χ0) is 27.7. The van der Waals surface area contributed by atoms with Gasteiger partial charge < -0.3 is 15.8 Å². The van der Waals surface area contributed by atoms with Crippen LogP contribution in [0.1, 0.15) is 52.8 Å². The van der Waals surface area contributed by atoms with Crippen LogP contribution in [-0.2, 0) is 0 Å². The molecule has 1 aromatic heterocycles. The molecule has 0 bridgehead atoms. The number of ether oxygens (including phenoxy) is 1. The normalized spacial score (nSPS) is 13.8. The molecule has 2 amide bonds. The Bertz CT molecular complexity index is 1600. The summed E-state index contributed by atoms with van der Waals surface area (Å²) in [6, 6.07) is 13.7. The molecule has 4 aromatic rings. The molecular weight excluding hydrogens is 544 g/mol. The summed E-state index contributed by atoms with van der Waals surface area (Å²) in [5.74, 6) is -2.40. The second kappa shape index (κ2) is 11.1. The van der Waals surface area contributed by atoms with Crippen LogP contribution in [0.2, 0.25) is 10.0 Å². The Labute approximate surface area is 233 Å². The number of carbonyl (C=O) groups is 3. The van der Waals surface area contributed by atoms with E-state index in [9.17, 15) is 18.8 Å². The number of esters is 1. The fourth-order valence-corrected chi connectivity index (χ4v) is 5.47. The van der Waals surface area contributed by atoms with Gasteiger partial charge in [-0.1, -0.05) is 66.7 Å². The first-order valence-corrected chi connectivity index (χ1v) is 13.2. The first kappa shape index (κ1) is 26.7. The fraction of sp³-hybridized carbons (Fsp3) is 0.207. The van der Waals surface area contributed by atoms with Gasteiger partial charge in [0.25, 0.3) is 5.91 Å². The number of nitrogens with one attached hydrogen (secondary N) is 1. The summed E-state index contributed by atoms with van der Waals surface area (Å²) >= 11 is 13.0. The van der Waals surface area contributed by atoms with Crippen molar-refractivity contribution in [2.24, 2.45) is 5.73 Å². The van der Waals surface area contributed by atoms with Crippen molar-refractivity contribution in [2.45, 2.75) is 38.1 Å². The summed E-state index contributed by atoms with van der Waals surface area (Å²) in [5.41, 5.74) is 6.15. The minimum absolute atomic E-state index is 0.0117. The van der Waals surface area contributed by atoms with Crippen molar-refractivity contribution in [1.29, 1.82) is 0 Å². The molecule has 1 aliphatic carbocycles. The number of nitrogens with two attached hydrogens (primary N) is 1. The molecule has 1 fully saturated rings. The molecular formula is C29H24Cl2FN3O4. The van der Waals surface area contributed by atoms with Crippen LogP contribution in [-0.4, -0.2) is 28.5 Å². The van der Waals surface area contributed by atoms with E-state index in [-0.39, 0.29) is 33.0 Å². The molecule has 1 heterocycles. The fourth-order valence-electron chi connectivity index (χ4n) is 4.90. The number of fused-ring (bicyclic) bond motifs is 1. The lowest BCUT2D eigenvalue weighted by atomic mass is 9.96. The van der Waals surface area contributed by atoms with Crippen LogP contribution in [0.5, 0.6) is 5.75 Å². The van der Waals surface area contributed by atoms with Crippen molar-refractivity contribution in [3.63, 3.8) is 0 Å². The molecule has 1 aliphatic rings. The van der Waals surface area contributed by atoms with Gasteiger partial charge in [-0.15, -0.1) is 0 Å². The standard InChI is InChI=1S/C29H24Cl2FN3O4/c30-22-13-18(39-28(37)16-7-3-1-4-8-16)14-23-24(22)21(19-11-12-20(27(33)36)26(32)25(19)31)15-35(23)29(38)34-17-9-5-2-6-10-17/h1,3-4,7-8,11-15,17H,2,5-6,9-10H2,(H2,33,36)(H,34,38). The van der Waals surface area contributed by atoms with Gasteiger partial charge in [-0.3, -0.25) is 9.36 Å². The lowest BCUT2D eigenvalue weighted by Gasteiger charge is -2.23. The van der Waals surface area contributed by atoms with Gasteiger partial charge in [-0.2, -0.15) is 0 Å². The van der Waals surface area contributed by atoms with E-state index in [4.69, 9.17) is 33.7 Å². The number of halogens is 3. The van der Waals surface area contributed by atoms with Crippen LogP contribution in [0, 0.1) is 5.82 Å². The summed E-state index contributed by atoms with van der Waals surface area (Å²) in [4.78, 5) is 37.8. The quantitative estimate of drug-likeness (QED) is 0.201. The Kier molecular flexibility index (Phi) is 7.59. The smallest absolute Gasteiger partial charge is 0.343 e. The molecule has 0 spiro atoms. The van der Waals surface area contributed by atoms with Crippen molar-refractivity contribution in [2.75, 3.05) is 0 Å². The first-order valence-electron chi connectivity index (χ1n) is 12.5. The molecule has 10 heteroatoms. The zero-order valence-electron chi connectivity index (χ0n) is 20.7. The van der Waals surface area contributed by atoms with Crippen LogP contribution in [0.3, 0.4) is 0 Å². The van der Waals surface area contributed by atoms with E-state index in [1.165, 1.54) is 35.0 Å². The molecule has 3 N–H and O–H groups in total. The molecule has 0 aliphatic heterocycles. The molecule has 0 saturated heterocycles. The van der Waals surface area contributed by atoms with Gasteiger partial charge >= 0.3 is 12.0 Å². The predicted molar refractivity (Wildman–Crippen MR) is 148 cm³/mol. The highest BCUT2D eigenvalue weighted by Gasteiger charge is 2.25. The topological polar surface area (TPSA) is 103 Å². The Morgan fingerprint density at radius 1 is 0.974 bits per heavy atom. The maximum atomic E-state index is 14.9. The molecule has 7 nitrogen and oxygen atoms in total. The lowest BCUT2D eigenvalue weighted by molar-refractivity contribution is 0.0734. The molecule has 0 unspecified atom stereocenters. The number of rotatable bonds is 5. The van der Waals surface area contributed by atoms with E-state index in [1.807, 2.05) is 0 Å². The molecule has 5 rings (SSSR count). The van der Waals surface area contributed by atoms with Crippen LogP contribution in [0.25, 0.3) is 22.0 Å². The van der Waals surface area contributed by atoms with Crippen molar-refractivity contribution in [3.8, 4) is 16.9 Å². The van der Waals surface area contributed by atoms with Crippen LogP contribution >= 0.6 is 23.2 Å². The monoisotopic (exact) mass is 567 g/mol. The minimum Gasteiger partial charge on any atom is -0.423 e. The molecule has 39 heavy (non-hydrogen) atoms. The van der Waals surface area contributed by atoms with Gasteiger partial charge in [-0.05, 0) is 31.0 Å². The van der Waals surface area contributed by atoms with Gasteiger partial charge in [0.05, 0.1) is 26.7 Å². The van der Waals surface area contributed by atoms with Crippen molar-refractivity contribution < 1.29 is 23.5 Å². The molecule has 3 aromatic carbocycles. The molecule has 200 valence electrons. The highest BCUT2D eigenvalue weighted by molar-refractivity contribution is 6.38. The number of primary amides is 1. The predicted octanol–water partition coefficient (Wildman–Crippen LogP) is 6.96. The zero-order valence-corrected chi connectivity index (χ0v) is 22.2. The van der Waals surface area contributed by atoms with Gasteiger partial charge in [0.15, 0.2) is 5.82 Å². The third kappa shape index (κ3) is 5.35. The van der Waals surface area contributed by atoms with Crippen molar-refractivity contribution >= 4 is 52.0 Å². The molecule has 1 saturated carbocycles. The number of amides is 2. The Morgan fingerprint density at radius 2 is 1.69 bits per heavy atom. The van der Waals surface area contributed by atoms with Crippen LogP contribution in [0.4, 0.5) is 9.18 Å². The van der Waals surface area contributed by atoms with Crippen LogP contribution < -0.4 is 15.8 Å². The third-order valence-corrected chi connectivity index (χ3v) is 7.51. The van der Waals surface area contributed by atoms with Gasteiger partial charge in [0.1, 0.15) is 5.75 Å². The van der Waals surface area contributed by atoms with E-state index < -0.39 is 23.7 Å². The van der Waals surface area contributed by atoms with Gasteiger partial charge in [0.2, 0.25) is 0 Å². The number of nitrogens with zero attached hydrogens (tertiary/aromatic N) is 1. The average molecular weight is 568 g/mol. The SMILES string of the molecule is NC(=O)c1ccc(-c2cn(C(=O)NC3CCCCC3)c3cc(OC(=O)c4ccccc4)cc(Cl)c23)c(Cl)c1F. The number of hydrogen-bond donors (Lipinski definition) is 2. The average Bonchev–Trinajstić information content (AvgIpc) is 3.31. The molecule has 0 radical (unpaired) electrons. The number of carbonyl (C=O) groups excluding carboxylic acids is 3. The number of benzene rings is 3. The van der Waals surface area contributed by atoms with E-state index in [0.717, 1.165) is 32.1 Å². The largest absolute Gasteiger partial charge is 0.423 e. The first-order chi connectivity index (χ1) is 18.7. The Morgan fingerprint density at radius 3 is 2.38 bits per heavy atom. The highest BCUT2D eigenvalue weighted by Crippen LogP contribution is 2.42. The summed E-state index contributed by atoms with van der Waals surface area (Å²) in [5, 5.41) is 3.26. The van der Waals surface area contributed by atoms with Gasteiger partial charge in [0, 0.05) is 40.9 Å².